The Morgan fingerprint density at radius 3 is 2.41 bits per heavy atom. The minimum atomic E-state index is -3.64. The van der Waals surface area contributed by atoms with E-state index in [-0.39, 0.29) is 34.6 Å². The number of methoxy groups -OCH3 is 1. The minimum absolute atomic E-state index is 0.0640. The molecule has 0 radical (unpaired) electrons. The number of anilines is 1. The highest BCUT2D eigenvalue weighted by Crippen LogP contribution is 2.29. The second-order valence-electron chi connectivity index (χ2n) is 6.55. The lowest BCUT2D eigenvalue weighted by Crippen LogP contribution is -2.24. The Labute approximate surface area is 188 Å². The predicted octanol–water partition coefficient (Wildman–Crippen LogP) is 4.02. The highest BCUT2D eigenvalue weighted by Gasteiger charge is 2.15. The molecule has 0 aliphatic carbocycles. The van der Waals surface area contributed by atoms with Crippen LogP contribution in [0.25, 0.3) is 0 Å². The molecule has 1 aromatic heterocycles. The monoisotopic (exact) mass is 482 g/mol. The summed E-state index contributed by atoms with van der Waals surface area (Å²) < 4.78 is 61.7. The summed E-state index contributed by atoms with van der Waals surface area (Å²) in [6.07, 6.45) is 0.0640. The fourth-order valence-electron chi connectivity index (χ4n) is 2.78. The summed E-state index contributed by atoms with van der Waals surface area (Å²) in [5.74, 6) is -0.242. The Hall–Kier alpha value is -3.18. The molecule has 0 aliphatic heterocycles. The third kappa shape index (κ3) is 6.41. The van der Waals surface area contributed by atoms with E-state index in [2.05, 4.69) is 14.8 Å². The smallest absolute Gasteiger partial charge is 0.387 e. The lowest BCUT2D eigenvalue weighted by molar-refractivity contribution is -0.120. The van der Waals surface area contributed by atoms with Gasteiger partial charge in [-0.2, -0.15) is 8.78 Å². The van der Waals surface area contributed by atoms with Gasteiger partial charge < -0.3 is 14.8 Å². The van der Waals surface area contributed by atoms with E-state index >= 15 is 0 Å². The number of amides is 1. The van der Waals surface area contributed by atoms with Gasteiger partial charge in [-0.1, -0.05) is 24.3 Å². The zero-order chi connectivity index (χ0) is 23.1. The van der Waals surface area contributed by atoms with Crippen LogP contribution in [-0.4, -0.2) is 28.0 Å². The van der Waals surface area contributed by atoms with Crippen molar-refractivity contribution < 1.29 is 31.5 Å². The quantitative estimate of drug-likeness (QED) is 0.455. The van der Waals surface area contributed by atoms with Crippen LogP contribution in [0.1, 0.15) is 11.1 Å². The molecule has 0 saturated heterocycles. The second kappa shape index (κ2) is 10.4. The standard InChI is InChI=1S/C21H20F2N2O5S2/c1-29-17-9-6-15(11-18(17)30-21(22)23)13-24-19(26)12-14-4-7-16(8-5-14)25-32(27,28)20-3-2-10-31-20/h2-11,21,25H,12-13H2,1H3,(H,24,26). The van der Waals surface area contributed by atoms with Crippen molar-refractivity contribution in [1.29, 1.82) is 0 Å². The topological polar surface area (TPSA) is 93.7 Å². The first-order valence-electron chi connectivity index (χ1n) is 9.30. The molecule has 0 atom stereocenters. The summed E-state index contributed by atoms with van der Waals surface area (Å²) in [7, 11) is -2.30. The molecular formula is C21H20F2N2O5S2. The van der Waals surface area contributed by atoms with Crippen molar-refractivity contribution in [2.24, 2.45) is 0 Å². The third-order valence-corrected chi connectivity index (χ3v) is 7.04. The van der Waals surface area contributed by atoms with Gasteiger partial charge in [-0.05, 0) is 46.8 Å². The Morgan fingerprint density at radius 1 is 1.06 bits per heavy atom. The van der Waals surface area contributed by atoms with Crippen molar-refractivity contribution in [1.82, 2.24) is 5.32 Å². The first kappa shape index (κ1) is 23.5. The average Bonchev–Trinajstić information content (AvgIpc) is 3.29. The third-order valence-electron chi connectivity index (χ3n) is 4.26. The van der Waals surface area contributed by atoms with Crippen LogP contribution in [0, 0.1) is 0 Å². The molecule has 0 bridgehead atoms. The number of hydrogen-bond donors (Lipinski definition) is 2. The van der Waals surface area contributed by atoms with E-state index in [1.807, 2.05) is 0 Å². The lowest BCUT2D eigenvalue weighted by Gasteiger charge is -2.12. The number of nitrogens with one attached hydrogen (secondary N) is 2. The zero-order valence-electron chi connectivity index (χ0n) is 16.9. The number of alkyl halides is 2. The molecule has 1 amide bonds. The molecule has 2 N–H and O–H groups in total. The van der Waals surface area contributed by atoms with Crippen molar-refractivity contribution in [3.05, 3.63) is 71.1 Å². The van der Waals surface area contributed by atoms with Gasteiger partial charge in [-0.3, -0.25) is 9.52 Å². The molecule has 0 saturated carbocycles. The van der Waals surface area contributed by atoms with Crippen molar-refractivity contribution in [2.45, 2.75) is 23.8 Å². The number of carbonyl (C=O) groups excluding carboxylic acids is 1. The van der Waals surface area contributed by atoms with Gasteiger partial charge in [0, 0.05) is 12.2 Å². The number of sulfonamides is 1. The Balaban J connectivity index is 1.55. The average molecular weight is 483 g/mol. The van der Waals surface area contributed by atoms with Crippen LogP contribution in [0.4, 0.5) is 14.5 Å². The van der Waals surface area contributed by atoms with E-state index in [1.54, 1.807) is 41.8 Å². The van der Waals surface area contributed by atoms with Crippen molar-refractivity contribution >= 4 is 33.0 Å². The number of benzene rings is 2. The molecule has 0 fully saturated rings. The van der Waals surface area contributed by atoms with Gasteiger partial charge in [0.25, 0.3) is 10.0 Å². The van der Waals surface area contributed by atoms with Gasteiger partial charge in [-0.25, -0.2) is 8.42 Å². The molecule has 7 nitrogen and oxygen atoms in total. The summed E-state index contributed by atoms with van der Waals surface area (Å²) in [5.41, 5.74) is 1.62. The van der Waals surface area contributed by atoms with Crippen LogP contribution in [0.2, 0.25) is 0 Å². The first-order valence-corrected chi connectivity index (χ1v) is 11.7. The van der Waals surface area contributed by atoms with Crippen LogP contribution in [0.3, 0.4) is 0 Å². The number of carbonyl (C=O) groups is 1. The maximum atomic E-state index is 12.5. The highest BCUT2D eigenvalue weighted by molar-refractivity contribution is 7.94. The van der Waals surface area contributed by atoms with Gasteiger partial charge in [0.2, 0.25) is 5.91 Å². The summed E-state index contributed by atoms with van der Waals surface area (Å²) in [6, 6.07) is 14.1. The van der Waals surface area contributed by atoms with Crippen LogP contribution in [0.15, 0.2) is 64.2 Å². The maximum Gasteiger partial charge on any atom is 0.387 e. The van der Waals surface area contributed by atoms with Crippen molar-refractivity contribution in [2.75, 3.05) is 11.8 Å². The molecule has 0 spiro atoms. The second-order valence-corrected chi connectivity index (χ2v) is 9.41. The van der Waals surface area contributed by atoms with Crippen LogP contribution in [0.5, 0.6) is 11.5 Å². The van der Waals surface area contributed by atoms with Crippen LogP contribution in [-0.2, 0) is 27.8 Å². The highest BCUT2D eigenvalue weighted by atomic mass is 32.2. The SMILES string of the molecule is COc1ccc(CNC(=O)Cc2ccc(NS(=O)(=O)c3cccs3)cc2)cc1OC(F)F. The molecule has 170 valence electrons. The molecule has 32 heavy (non-hydrogen) atoms. The van der Waals surface area contributed by atoms with E-state index in [4.69, 9.17) is 4.74 Å². The molecule has 3 aromatic rings. The Kier molecular flexibility index (Phi) is 7.65. The van der Waals surface area contributed by atoms with E-state index in [9.17, 15) is 22.0 Å². The van der Waals surface area contributed by atoms with E-state index in [1.165, 1.54) is 25.3 Å². The number of rotatable bonds is 10. The largest absolute Gasteiger partial charge is 0.493 e. The summed E-state index contributed by atoms with van der Waals surface area (Å²) >= 11 is 1.11. The van der Waals surface area contributed by atoms with Gasteiger partial charge in [0.15, 0.2) is 11.5 Å². The maximum absolute atomic E-state index is 12.5. The van der Waals surface area contributed by atoms with Gasteiger partial charge >= 0.3 is 6.61 Å². The van der Waals surface area contributed by atoms with Gasteiger partial charge in [-0.15, -0.1) is 11.3 Å². The molecule has 1 heterocycles. The summed E-state index contributed by atoms with van der Waals surface area (Å²) in [6.45, 7) is -2.88. The molecule has 3 rings (SSSR count). The number of thiophene rings is 1. The fraction of sp³-hybridized carbons (Fsp3) is 0.190. The molecule has 11 heteroatoms. The molecule has 0 unspecified atom stereocenters. The number of halogens is 2. The lowest BCUT2D eigenvalue weighted by atomic mass is 10.1. The summed E-state index contributed by atoms with van der Waals surface area (Å²) in [4.78, 5) is 12.2. The summed E-state index contributed by atoms with van der Waals surface area (Å²) in [5, 5.41) is 4.38. The predicted molar refractivity (Wildman–Crippen MR) is 117 cm³/mol. The molecule has 2 aromatic carbocycles. The van der Waals surface area contributed by atoms with E-state index in [0.29, 0.717) is 16.8 Å². The zero-order valence-corrected chi connectivity index (χ0v) is 18.5. The normalized spacial score (nSPS) is 11.2. The van der Waals surface area contributed by atoms with Crippen LogP contribution >= 0.6 is 11.3 Å². The van der Waals surface area contributed by atoms with E-state index < -0.39 is 16.6 Å². The van der Waals surface area contributed by atoms with Gasteiger partial charge in [0.1, 0.15) is 4.21 Å². The van der Waals surface area contributed by atoms with Crippen molar-refractivity contribution in [3.8, 4) is 11.5 Å². The number of ether oxygens (including phenoxy) is 2. The number of hydrogen-bond acceptors (Lipinski definition) is 6. The Bertz CT molecular complexity index is 1150. The Morgan fingerprint density at radius 2 is 1.78 bits per heavy atom. The molecule has 0 aliphatic rings. The fourth-order valence-corrected chi connectivity index (χ4v) is 4.83. The van der Waals surface area contributed by atoms with Gasteiger partial charge in [0.05, 0.1) is 13.5 Å². The first-order chi connectivity index (χ1) is 15.3. The van der Waals surface area contributed by atoms with Crippen LogP contribution < -0.4 is 19.5 Å². The van der Waals surface area contributed by atoms with Crippen molar-refractivity contribution in [3.63, 3.8) is 0 Å². The van der Waals surface area contributed by atoms with E-state index in [0.717, 1.165) is 11.3 Å². The molecular weight excluding hydrogens is 462 g/mol. The minimum Gasteiger partial charge on any atom is -0.493 e.